The van der Waals surface area contributed by atoms with Crippen LogP contribution in [0.4, 0.5) is 4.79 Å². The summed E-state index contributed by atoms with van der Waals surface area (Å²) < 4.78 is 4.80. The number of hydrogen-bond acceptors (Lipinski definition) is 2. The molecule has 1 fully saturated rings. The lowest BCUT2D eigenvalue weighted by molar-refractivity contribution is 0.114. The Hall–Kier alpha value is -0.953. The van der Waals surface area contributed by atoms with Gasteiger partial charge in [-0.05, 0) is 19.8 Å². The molecule has 0 radical (unpaired) electrons. The molecule has 90 valence electrons. The Balaban J connectivity index is 2.79. The summed E-state index contributed by atoms with van der Waals surface area (Å²) in [5.41, 5.74) is 3.33. The second kappa shape index (κ2) is 4.92. The number of carbonyl (C=O) groups is 1. The smallest absolute Gasteiger partial charge is 0.410 e. The van der Waals surface area contributed by atoms with E-state index in [9.17, 15) is 4.79 Å². The van der Waals surface area contributed by atoms with E-state index < -0.39 is 8.07 Å². The molecule has 0 bridgehead atoms. The van der Waals surface area contributed by atoms with Gasteiger partial charge in [-0.1, -0.05) is 25.6 Å². The van der Waals surface area contributed by atoms with Crippen LogP contribution >= 0.6 is 0 Å². The van der Waals surface area contributed by atoms with Gasteiger partial charge >= 0.3 is 6.09 Å². The third-order valence-electron chi connectivity index (χ3n) is 2.67. The van der Waals surface area contributed by atoms with Crippen molar-refractivity contribution in [2.75, 3.05) is 7.11 Å². The summed E-state index contributed by atoms with van der Waals surface area (Å²) in [5.74, 6) is 3.25. The minimum absolute atomic E-state index is 0.0502. The standard InChI is InChI=1S/C12H21NO2Si/c1-10-6-7-11(8-9-16(3,4)5)13(10)12(14)15-2/h10-11H,6-7H2,1-5H3/t10?,11-/m1/s1. The number of hydrogen-bond donors (Lipinski definition) is 0. The quantitative estimate of drug-likeness (QED) is 0.480. The Morgan fingerprint density at radius 2 is 2.00 bits per heavy atom. The van der Waals surface area contributed by atoms with E-state index in [1.165, 1.54) is 7.11 Å². The van der Waals surface area contributed by atoms with Crippen LogP contribution in [0.1, 0.15) is 19.8 Å². The lowest BCUT2D eigenvalue weighted by Gasteiger charge is -2.23. The largest absolute Gasteiger partial charge is 0.453 e. The highest BCUT2D eigenvalue weighted by molar-refractivity contribution is 6.83. The Labute approximate surface area is 99.2 Å². The van der Waals surface area contributed by atoms with Crippen LogP contribution < -0.4 is 0 Å². The summed E-state index contributed by atoms with van der Waals surface area (Å²) in [6.45, 7) is 8.68. The van der Waals surface area contributed by atoms with E-state index in [1.807, 2.05) is 6.92 Å². The number of carbonyl (C=O) groups excluding carboxylic acids is 1. The van der Waals surface area contributed by atoms with Crippen molar-refractivity contribution < 1.29 is 9.53 Å². The van der Waals surface area contributed by atoms with Gasteiger partial charge in [-0.2, -0.15) is 0 Å². The fraction of sp³-hybridized carbons (Fsp3) is 0.750. The maximum Gasteiger partial charge on any atom is 0.410 e. The van der Waals surface area contributed by atoms with Crippen molar-refractivity contribution in [1.29, 1.82) is 0 Å². The van der Waals surface area contributed by atoms with Crippen molar-refractivity contribution in [1.82, 2.24) is 4.90 Å². The fourth-order valence-electron chi connectivity index (χ4n) is 1.84. The van der Waals surface area contributed by atoms with E-state index in [4.69, 9.17) is 4.74 Å². The van der Waals surface area contributed by atoms with Gasteiger partial charge in [0.2, 0.25) is 0 Å². The van der Waals surface area contributed by atoms with Crippen molar-refractivity contribution >= 4 is 14.2 Å². The molecule has 1 heterocycles. The molecule has 0 spiro atoms. The predicted octanol–water partition coefficient (Wildman–Crippen LogP) is 2.49. The molecule has 0 aliphatic carbocycles. The van der Waals surface area contributed by atoms with Crippen molar-refractivity contribution in [3.8, 4) is 11.5 Å². The summed E-state index contributed by atoms with van der Waals surface area (Å²) in [4.78, 5) is 13.4. The topological polar surface area (TPSA) is 29.5 Å². The zero-order valence-corrected chi connectivity index (χ0v) is 11.8. The zero-order chi connectivity index (χ0) is 12.3. The molecule has 2 atom stereocenters. The third kappa shape index (κ3) is 3.27. The van der Waals surface area contributed by atoms with Crippen LogP contribution in [0.25, 0.3) is 0 Å². The van der Waals surface area contributed by atoms with E-state index in [0.29, 0.717) is 0 Å². The Kier molecular flexibility index (Phi) is 4.03. The van der Waals surface area contributed by atoms with Gasteiger partial charge < -0.3 is 4.74 Å². The molecule has 1 rings (SSSR count). The van der Waals surface area contributed by atoms with Gasteiger partial charge in [0.25, 0.3) is 0 Å². The molecule has 0 N–H and O–H groups in total. The first-order valence-electron chi connectivity index (χ1n) is 5.74. The van der Waals surface area contributed by atoms with Crippen molar-refractivity contribution in [3.63, 3.8) is 0 Å². The molecule has 1 aliphatic rings. The summed E-state index contributed by atoms with van der Waals surface area (Å²) in [6.07, 6.45) is 1.73. The normalized spacial score (nSPS) is 24.9. The summed E-state index contributed by atoms with van der Waals surface area (Å²) in [5, 5.41) is 0. The summed E-state index contributed by atoms with van der Waals surface area (Å²) >= 11 is 0. The molecular weight excluding hydrogens is 218 g/mol. The lowest BCUT2D eigenvalue weighted by Crippen LogP contribution is -2.39. The molecule has 1 aliphatic heterocycles. The van der Waals surface area contributed by atoms with E-state index in [2.05, 4.69) is 31.1 Å². The van der Waals surface area contributed by atoms with Crippen LogP contribution in [-0.2, 0) is 4.74 Å². The van der Waals surface area contributed by atoms with Gasteiger partial charge in [-0.25, -0.2) is 4.79 Å². The number of methoxy groups -OCH3 is 1. The Morgan fingerprint density at radius 1 is 1.38 bits per heavy atom. The molecule has 1 unspecified atom stereocenters. The van der Waals surface area contributed by atoms with Gasteiger partial charge in [0.05, 0.1) is 13.2 Å². The van der Waals surface area contributed by atoms with Crippen LogP contribution in [0.3, 0.4) is 0 Å². The van der Waals surface area contributed by atoms with Gasteiger partial charge in [0, 0.05) is 6.04 Å². The molecule has 0 aromatic carbocycles. The van der Waals surface area contributed by atoms with Crippen LogP contribution in [0.5, 0.6) is 0 Å². The highest BCUT2D eigenvalue weighted by Crippen LogP contribution is 2.24. The monoisotopic (exact) mass is 239 g/mol. The van der Waals surface area contributed by atoms with E-state index >= 15 is 0 Å². The highest BCUT2D eigenvalue weighted by Gasteiger charge is 2.34. The van der Waals surface area contributed by atoms with Crippen LogP contribution in [0.15, 0.2) is 0 Å². The second-order valence-corrected chi connectivity index (χ2v) is 10.1. The van der Waals surface area contributed by atoms with E-state index in [0.717, 1.165) is 12.8 Å². The second-order valence-electron chi connectivity index (χ2n) is 5.34. The average Bonchev–Trinajstić information content (AvgIpc) is 2.54. The molecule has 3 nitrogen and oxygen atoms in total. The van der Waals surface area contributed by atoms with Gasteiger partial charge in [-0.15, -0.1) is 5.54 Å². The molecule has 16 heavy (non-hydrogen) atoms. The Morgan fingerprint density at radius 3 is 2.50 bits per heavy atom. The molecule has 0 aromatic heterocycles. The molecule has 0 aromatic rings. The van der Waals surface area contributed by atoms with Crippen LogP contribution in [0, 0.1) is 11.5 Å². The van der Waals surface area contributed by atoms with Crippen LogP contribution in [-0.4, -0.2) is 38.3 Å². The summed E-state index contributed by atoms with van der Waals surface area (Å²) in [7, 11) is 0.0657. The van der Waals surface area contributed by atoms with Crippen molar-refractivity contribution in [3.05, 3.63) is 0 Å². The molecular formula is C12H21NO2Si. The molecule has 4 heteroatoms. The average molecular weight is 239 g/mol. The number of nitrogens with zero attached hydrogens (tertiary/aromatic N) is 1. The first-order chi connectivity index (χ1) is 7.35. The highest BCUT2D eigenvalue weighted by atomic mass is 28.3. The minimum atomic E-state index is -1.36. The van der Waals surface area contributed by atoms with Crippen molar-refractivity contribution in [2.45, 2.75) is 51.5 Å². The number of likely N-dealkylation sites (tertiary alicyclic amines) is 1. The zero-order valence-electron chi connectivity index (χ0n) is 10.8. The number of rotatable bonds is 0. The molecule has 1 saturated heterocycles. The Bertz CT molecular complexity index is 324. The lowest BCUT2D eigenvalue weighted by atomic mass is 10.2. The van der Waals surface area contributed by atoms with Gasteiger partial charge in [-0.3, -0.25) is 4.90 Å². The SMILES string of the molecule is COC(=O)N1C(C)CC[C@@H]1C#C[Si](C)(C)C. The number of ether oxygens (including phenoxy) is 1. The van der Waals surface area contributed by atoms with Crippen molar-refractivity contribution in [2.24, 2.45) is 0 Å². The van der Waals surface area contributed by atoms with E-state index in [-0.39, 0.29) is 18.2 Å². The predicted molar refractivity (Wildman–Crippen MR) is 67.9 cm³/mol. The maximum atomic E-state index is 11.6. The third-order valence-corrected chi connectivity index (χ3v) is 3.56. The number of amides is 1. The van der Waals surface area contributed by atoms with Crippen LogP contribution in [0.2, 0.25) is 19.6 Å². The first kappa shape index (κ1) is 13.1. The fourth-order valence-corrected chi connectivity index (χ4v) is 2.44. The molecule has 0 saturated carbocycles. The van der Waals surface area contributed by atoms with Gasteiger partial charge in [0.1, 0.15) is 8.07 Å². The summed E-state index contributed by atoms with van der Waals surface area (Å²) in [6, 6.07) is 0.294. The maximum absolute atomic E-state index is 11.6. The minimum Gasteiger partial charge on any atom is -0.453 e. The molecule has 1 amide bonds. The van der Waals surface area contributed by atoms with Gasteiger partial charge in [0.15, 0.2) is 0 Å². The first-order valence-corrected chi connectivity index (χ1v) is 9.24. The van der Waals surface area contributed by atoms with E-state index in [1.54, 1.807) is 4.90 Å².